The van der Waals surface area contributed by atoms with Gasteiger partial charge >= 0.3 is 6.61 Å². The molecular formula is C15H19F2N5O2. The van der Waals surface area contributed by atoms with E-state index in [9.17, 15) is 13.9 Å². The molecule has 1 aliphatic carbocycles. The first-order valence-corrected chi connectivity index (χ1v) is 7.72. The van der Waals surface area contributed by atoms with E-state index >= 15 is 0 Å². The van der Waals surface area contributed by atoms with Crippen molar-refractivity contribution >= 4 is 0 Å². The van der Waals surface area contributed by atoms with Gasteiger partial charge in [-0.3, -0.25) is 4.90 Å². The zero-order chi connectivity index (χ0) is 17.1. The van der Waals surface area contributed by atoms with Crippen LogP contribution in [0.5, 0.6) is 5.75 Å². The van der Waals surface area contributed by atoms with Crippen molar-refractivity contribution in [3.8, 4) is 11.4 Å². The molecule has 1 aliphatic rings. The summed E-state index contributed by atoms with van der Waals surface area (Å²) >= 11 is 0. The van der Waals surface area contributed by atoms with E-state index in [-0.39, 0.29) is 11.9 Å². The normalized spacial score (nSPS) is 15.9. The molecule has 0 bridgehead atoms. The first-order chi connectivity index (χ1) is 11.5. The SMILES string of the molecule is CN(Cc1nnnn1-c1ccc(OC(F)F)cc1)CC(O)C1CC1. The molecule has 9 heteroatoms. The maximum absolute atomic E-state index is 12.2. The first kappa shape index (κ1) is 16.7. The van der Waals surface area contributed by atoms with Crippen LogP contribution >= 0.6 is 0 Å². The van der Waals surface area contributed by atoms with Gasteiger partial charge < -0.3 is 9.84 Å². The summed E-state index contributed by atoms with van der Waals surface area (Å²) in [6.45, 7) is -1.84. The van der Waals surface area contributed by atoms with Crippen LogP contribution in [0.4, 0.5) is 8.78 Å². The average molecular weight is 339 g/mol. The molecule has 1 fully saturated rings. The van der Waals surface area contributed by atoms with E-state index in [1.807, 2.05) is 11.9 Å². The number of hydrogen-bond acceptors (Lipinski definition) is 6. The Morgan fingerprint density at radius 2 is 2.04 bits per heavy atom. The molecule has 1 unspecified atom stereocenters. The molecule has 1 saturated carbocycles. The van der Waals surface area contributed by atoms with Gasteiger partial charge in [-0.25, -0.2) is 0 Å². The number of alkyl halides is 2. The molecule has 7 nitrogen and oxygen atoms in total. The molecule has 2 aromatic rings. The van der Waals surface area contributed by atoms with E-state index in [1.54, 1.807) is 12.1 Å². The monoisotopic (exact) mass is 339 g/mol. The van der Waals surface area contributed by atoms with E-state index < -0.39 is 6.61 Å². The molecule has 0 amide bonds. The highest BCUT2D eigenvalue weighted by atomic mass is 19.3. The van der Waals surface area contributed by atoms with E-state index in [0.717, 1.165) is 12.8 Å². The number of aliphatic hydroxyl groups excluding tert-OH is 1. The minimum absolute atomic E-state index is 0.0769. The molecule has 24 heavy (non-hydrogen) atoms. The van der Waals surface area contributed by atoms with Gasteiger partial charge in [0, 0.05) is 6.54 Å². The number of rotatable bonds is 8. The van der Waals surface area contributed by atoms with Crippen molar-refractivity contribution < 1.29 is 18.6 Å². The van der Waals surface area contributed by atoms with Crippen LogP contribution in [0.3, 0.4) is 0 Å². The molecule has 1 atom stereocenters. The van der Waals surface area contributed by atoms with E-state index in [2.05, 4.69) is 20.3 Å². The van der Waals surface area contributed by atoms with E-state index in [4.69, 9.17) is 0 Å². The Labute approximate surface area is 137 Å². The molecule has 1 N–H and O–H groups in total. The summed E-state index contributed by atoms with van der Waals surface area (Å²) < 4.78 is 30.2. The Morgan fingerprint density at radius 1 is 1.33 bits per heavy atom. The van der Waals surface area contributed by atoms with Crippen molar-refractivity contribution in [1.82, 2.24) is 25.1 Å². The maximum atomic E-state index is 12.2. The molecule has 1 aromatic heterocycles. The Hall–Kier alpha value is -2.13. The molecule has 0 saturated heterocycles. The summed E-state index contributed by atoms with van der Waals surface area (Å²) in [6.07, 6.45) is 1.84. The van der Waals surface area contributed by atoms with Gasteiger partial charge in [0.25, 0.3) is 0 Å². The van der Waals surface area contributed by atoms with Crippen molar-refractivity contribution in [1.29, 1.82) is 0 Å². The zero-order valence-electron chi connectivity index (χ0n) is 13.2. The standard InChI is InChI=1S/C15H19F2N5O2/c1-21(8-13(23)10-2-3-10)9-14-18-19-20-22(14)11-4-6-12(7-5-11)24-15(16)17/h4-7,10,13,15,23H,2-3,8-9H2,1H3. The molecule has 130 valence electrons. The van der Waals surface area contributed by atoms with Crippen LogP contribution in [0.1, 0.15) is 18.7 Å². The van der Waals surface area contributed by atoms with Crippen LogP contribution in [0.15, 0.2) is 24.3 Å². The van der Waals surface area contributed by atoms with Crippen molar-refractivity contribution in [2.75, 3.05) is 13.6 Å². The third-order valence-electron chi connectivity index (χ3n) is 3.92. The van der Waals surface area contributed by atoms with Crippen LogP contribution in [-0.2, 0) is 6.54 Å². The number of aromatic nitrogens is 4. The van der Waals surface area contributed by atoms with E-state index in [0.29, 0.717) is 30.5 Å². The maximum Gasteiger partial charge on any atom is 0.387 e. The number of benzene rings is 1. The molecular weight excluding hydrogens is 320 g/mol. The van der Waals surface area contributed by atoms with E-state index in [1.165, 1.54) is 16.8 Å². The minimum Gasteiger partial charge on any atom is -0.435 e. The first-order valence-electron chi connectivity index (χ1n) is 7.72. The van der Waals surface area contributed by atoms with Gasteiger partial charge in [-0.05, 0) is 60.5 Å². The molecule has 0 radical (unpaired) electrons. The Bertz CT molecular complexity index is 660. The number of nitrogens with zero attached hydrogens (tertiary/aromatic N) is 5. The van der Waals surface area contributed by atoms with Crippen molar-refractivity contribution in [3.63, 3.8) is 0 Å². The lowest BCUT2D eigenvalue weighted by molar-refractivity contribution is -0.0498. The molecule has 1 heterocycles. The fourth-order valence-corrected chi connectivity index (χ4v) is 2.53. The second-order valence-electron chi connectivity index (χ2n) is 5.98. The number of hydrogen-bond donors (Lipinski definition) is 1. The second kappa shape index (κ2) is 7.18. The highest BCUT2D eigenvalue weighted by Crippen LogP contribution is 2.32. The van der Waals surface area contributed by atoms with Gasteiger partial charge in [0.15, 0.2) is 5.82 Å². The highest BCUT2D eigenvalue weighted by Gasteiger charge is 2.30. The third kappa shape index (κ3) is 4.24. The molecule has 0 aliphatic heterocycles. The Balaban J connectivity index is 1.65. The summed E-state index contributed by atoms with van der Waals surface area (Å²) in [5.74, 6) is 1.09. The molecule has 0 spiro atoms. The fourth-order valence-electron chi connectivity index (χ4n) is 2.53. The Morgan fingerprint density at radius 3 is 2.67 bits per heavy atom. The number of tetrazole rings is 1. The van der Waals surface area contributed by atoms with Crippen molar-refractivity contribution in [2.24, 2.45) is 5.92 Å². The summed E-state index contributed by atoms with van der Waals surface area (Å²) in [6, 6.07) is 6.09. The van der Waals surface area contributed by atoms with Gasteiger partial charge in [0.05, 0.1) is 18.3 Å². The predicted octanol–water partition coefficient (Wildman–Crippen LogP) is 1.47. The minimum atomic E-state index is -2.86. The predicted molar refractivity (Wildman–Crippen MR) is 80.9 cm³/mol. The van der Waals surface area contributed by atoms with Gasteiger partial charge in [0.2, 0.25) is 0 Å². The molecule has 3 rings (SSSR count). The number of ether oxygens (including phenoxy) is 1. The second-order valence-corrected chi connectivity index (χ2v) is 5.98. The zero-order valence-corrected chi connectivity index (χ0v) is 13.2. The summed E-state index contributed by atoms with van der Waals surface area (Å²) in [4.78, 5) is 1.96. The lowest BCUT2D eigenvalue weighted by Gasteiger charge is -2.19. The van der Waals surface area contributed by atoms with Crippen LogP contribution in [0.25, 0.3) is 5.69 Å². The van der Waals surface area contributed by atoms with Crippen LogP contribution in [0.2, 0.25) is 0 Å². The van der Waals surface area contributed by atoms with Gasteiger partial charge in [-0.1, -0.05) is 0 Å². The van der Waals surface area contributed by atoms with Crippen LogP contribution in [-0.4, -0.2) is 56.5 Å². The van der Waals surface area contributed by atoms with Crippen LogP contribution < -0.4 is 4.74 Å². The highest BCUT2D eigenvalue weighted by molar-refractivity contribution is 5.37. The van der Waals surface area contributed by atoms with Gasteiger partial charge in [-0.15, -0.1) is 5.10 Å². The lowest BCUT2D eigenvalue weighted by Crippen LogP contribution is -2.31. The summed E-state index contributed by atoms with van der Waals surface area (Å²) in [5.41, 5.74) is 0.646. The van der Waals surface area contributed by atoms with Gasteiger partial charge in [0.1, 0.15) is 5.75 Å². The third-order valence-corrected chi connectivity index (χ3v) is 3.92. The smallest absolute Gasteiger partial charge is 0.387 e. The summed E-state index contributed by atoms with van der Waals surface area (Å²) in [7, 11) is 1.89. The van der Waals surface area contributed by atoms with Crippen molar-refractivity contribution in [3.05, 3.63) is 30.1 Å². The topological polar surface area (TPSA) is 76.3 Å². The van der Waals surface area contributed by atoms with Crippen LogP contribution in [0, 0.1) is 5.92 Å². The lowest BCUT2D eigenvalue weighted by atomic mass is 10.2. The van der Waals surface area contributed by atoms with Crippen molar-refractivity contribution in [2.45, 2.75) is 32.1 Å². The number of halogens is 2. The fraction of sp³-hybridized carbons (Fsp3) is 0.533. The molecule has 1 aromatic carbocycles. The Kier molecular flexibility index (Phi) is 5.00. The number of likely N-dealkylation sites (N-methyl/N-ethyl adjacent to an activating group) is 1. The van der Waals surface area contributed by atoms with Gasteiger partial charge in [-0.2, -0.15) is 13.5 Å². The largest absolute Gasteiger partial charge is 0.435 e. The summed E-state index contributed by atoms with van der Waals surface area (Å²) in [5, 5.41) is 21.6. The average Bonchev–Trinajstić information content (AvgIpc) is 3.28. The quantitative estimate of drug-likeness (QED) is 0.785. The number of aliphatic hydroxyl groups is 1.